The fourth-order valence-corrected chi connectivity index (χ4v) is 2.86. The van der Waals surface area contributed by atoms with Gasteiger partial charge in [0.2, 0.25) is 0 Å². The third-order valence-electron chi connectivity index (χ3n) is 3.30. The highest BCUT2D eigenvalue weighted by molar-refractivity contribution is 14.1. The van der Waals surface area contributed by atoms with Gasteiger partial charge in [0.1, 0.15) is 0 Å². The molecule has 0 bridgehead atoms. The predicted octanol–water partition coefficient (Wildman–Crippen LogP) is 4.76. The maximum atomic E-state index is 4.67. The van der Waals surface area contributed by atoms with E-state index in [9.17, 15) is 0 Å². The minimum absolute atomic E-state index is 0.742. The lowest BCUT2D eigenvalue weighted by Crippen LogP contribution is -2.03. The first kappa shape index (κ1) is 13.4. The molecule has 0 radical (unpaired) electrons. The topological polar surface area (TPSA) is 24.9 Å². The monoisotopic (exact) mass is 374 g/mol. The summed E-state index contributed by atoms with van der Waals surface area (Å²) >= 11 is 2.33. The molecule has 20 heavy (non-hydrogen) atoms. The van der Waals surface area contributed by atoms with Crippen molar-refractivity contribution < 1.29 is 0 Å². The van der Waals surface area contributed by atoms with Gasteiger partial charge < -0.3 is 5.32 Å². The fraction of sp³-hybridized carbons (Fsp3) is 0.118. The summed E-state index contributed by atoms with van der Waals surface area (Å²) < 4.78 is 1.26. The highest BCUT2D eigenvalue weighted by atomic mass is 127. The SMILES string of the molecule is Cc1cc(I)ccc1NCc1ccc2ccccc2n1. The molecule has 1 N–H and O–H groups in total. The number of aromatic nitrogens is 1. The number of rotatable bonds is 3. The van der Waals surface area contributed by atoms with E-state index in [0.29, 0.717) is 0 Å². The summed E-state index contributed by atoms with van der Waals surface area (Å²) in [7, 11) is 0. The van der Waals surface area contributed by atoms with Crippen LogP contribution in [-0.4, -0.2) is 4.98 Å². The number of hydrogen-bond acceptors (Lipinski definition) is 2. The van der Waals surface area contributed by atoms with Crippen molar-refractivity contribution in [1.29, 1.82) is 0 Å². The van der Waals surface area contributed by atoms with Crippen molar-refractivity contribution in [3.05, 3.63) is 69.4 Å². The number of nitrogens with one attached hydrogen (secondary N) is 1. The van der Waals surface area contributed by atoms with Crippen LogP contribution in [0.1, 0.15) is 11.3 Å². The number of halogens is 1. The molecule has 3 aromatic rings. The molecule has 0 aliphatic heterocycles. The van der Waals surface area contributed by atoms with E-state index in [-0.39, 0.29) is 0 Å². The Hall–Kier alpha value is -1.62. The standard InChI is InChI=1S/C17H15IN2/c1-12-10-14(18)7-9-16(12)19-11-15-8-6-13-4-2-3-5-17(13)20-15/h2-10,19H,11H2,1H3. The molecule has 0 atom stereocenters. The summed E-state index contributed by atoms with van der Waals surface area (Å²) in [6.45, 7) is 2.87. The zero-order valence-corrected chi connectivity index (χ0v) is 13.4. The van der Waals surface area contributed by atoms with Gasteiger partial charge in [0.25, 0.3) is 0 Å². The van der Waals surface area contributed by atoms with Gasteiger partial charge in [-0.2, -0.15) is 0 Å². The van der Waals surface area contributed by atoms with Crippen molar-refractivity contribution in [3.63, 3.8) is 0 Å². The smallest absolute Gasteiger partial charge is 0.0706 e. The molecule has 1 heterocycles. The average Bonchev–Trinajstić information content (AvgIpc) is 2.46. The van der Waals surface area contributed by atoms with Crippen molar-refractivity contribution in [2.45, 2.75) is 13.5 Å². The van der Waals surface area contributed by atoms with Gasteiger partial charge in [0.15, 0.2) is 0 Å². The maximum absolute atomic E-state index is 4.67. The first-order valence-electron chi connectivity index (χ1n) is 6.57. The van der Waals surface area contributed by atoms with Crippen LogP contribution in [0.5, 0.6) is 0 Å². The van der Waals surface area contributed by atoms with Gasteiger partial charge >= 0.3 is 0 Å². The lowest BCUT2D eigenvalue weighted by molar-refractivity contribution is 1.06. The van der Waals surface area contributed by atoms with Crippen molar-refractivity contribution in [2.75, 3.05) is 5.32 Å². The molecule has 100 valence electrons. The number of para-hydroxylation sites is 1. The summed E-state index contributed by atoms with van der Waals surface area (Å²) in [5.74, 6) is 0. The van der Waals surface area contributed by atoms with Crippen LogP contribution < -0.4 is 5.32 Å². The Morgan fingerprint density at radius 3 is 2.75 bits per heavy atom. The van der Waals surface area contributed by atoms with Gasteiger partial charge in [-0.05, 0) is 65.4 Å². The highest BCUT2D eigenvalue weighted by Crippen LogP contribution is 2.19. The summed E-state index contributed by atoms with van der Waals surface area (Å²) in [5, 5.41) is 4.64. The first-order valence-corrected chi connectivity index (χ1v) is 7.65. The molecule has 1 aromatic heterocycles. The largest absolute Gasteiger partial charge is 0.379 e. The molecule has 0 amide bonds. The molecular weight excluding hydrogens is 359 g/mol. The van der Waals surface area contributed by atoms with Gasteiger partial charge in [0, 0.05) is 14.6 Å². The van der Waals surface area contributed by atoms with E-state index < -0.39 is 0 Å². The van der Waals surface area contributed by atoms with Crippen LogP contribution in [0.3, 0.4) is 0 Å². The van der Waals surface area contributed by atoms with E-state index in [1.807, 2.05) is 12.1 Å². The number of pyridine rings is 1. The number of anilines is 1. The average molecular weight is 374 g/mol. The highest BCUT2D eigenvalue weighted by Gasteiger charge is 2.01. The Balaban J connectivity index is 1.79. The van der Waals surface area contributed by atoms with Crippen molar-refractivity contribution in [2.24, 2.45) is 0 Å². The minimum atomic E-state index is 0.742. The fourth-order valence-electron chi connectivity index (χ4n) is 2.22. The third kappa shape index (κ3) is 2.93. The molecule has 3 rings (SSSR count). The lowest BCUT2D eigenvalue weighted by Gasteiger charge is -2.10. The molecule has 0 saturated carbocycles. The Kier molecular flexibility index (Phi) is 3.87. The number of aryl methyl sites for hydroxylation is 1. The third-order valence-corrected chi connectivity index (χ3v) is 3.98. The minimum Gasteiger partial charge on any atom is -0.379 e. The first-order chi connectivity index (χ1) is 9.72. The van der Waals surface area contributed by atoms with Crippen LogP contribution >= 0.6 is 22.6 Å². The molecule has 3 heteroatoms. The Morgan fingerprint density at radius 2 is 1.90 bits per heavy atom. The van der Waals surface area contributed by atoms with Gasteiger partial charge in [-0.1, -0.05) is 24.3 Å². The van der Waals surface area contributed by atoms with Gasteiger partial charge in [0.05, 0.1) is 17.8 Å². The molecule has 2 aromatic carbocycles. The van der Waals surface area contributed by atoms with E-state index in [1.165, 1.54) is 20.2 Å². The zero-order valence-electron chi connectivity index (χ0n) is 11.2. The molecule has 0 fully saturated rings. The Morgan fingerprint density at radius 1 is 1.05 bits per heavy atom. The summed E-state index contributed by atoms with van der Waals surface area (Å²) in [4.78, 5) is 4.67. The summed E-state index contributed by atoms with van der Waals surface area (Å²) in [6.07, 6.45) is 0. The van der Waals surface area contributed by atoms with Crippen LogP contribution in [0.4, 0.5) is 5.69 Å². The molecular formula is C17H15IN2. The second-order valence-electron chi connectivity index (χ2n) is 4.81. The molecule has 0 saturated heterocycles. The molecule has 0 aliphatic rings. The van der Waals surface area contributed by atoms with Crippen LogP contribution in [-0.2, 0) is 6.54 Å². The second-order valence-corrected chi connectivity index (χ2v) is 6.05. The quantitative estimate of drug-likeness (QED) is 0.669. The van der Waals surface area contributed by atoms with Crippen molar-refractivity contribution >= 4 is 39.2 Å². The van der Waals surface area contributed by atoms with Crippen LogP contribution in [0, 0.1) is 10.5 Å². The van der Waals surface area contributed by atoms with E-state index in [0.717, 1.165) is 17.8 Å². The molecule has 0 unspecified atom stereocenters. The van der Waals surface area contributed by atoms with Crippen molar-refractivity contribution in [3.8, 4) is 0 Å². The predicted molar refractivity (Wildman–Crippen MR) is 93.0 cm³/mol. The number of benzene rings is 2. The Bertz CT molecular complexity index is 753. The van der Waals surface area contributed by atoms with Gasteiger partial charge in [-0.3, -0.25) is 4.98 Å². The van der Waals surface area contributed by atoms with E-state index >= 15 is 0 Å². The number of nitrogens with zero attached hydrogens (tertiary/aromatic N) is 1. The van der Waals surface area contributed by atoms with E-state index in [1.54, 1.807) is 0 Å². The van der Waals surface area contributed by atoms with Gasteiger partial charge in [-0.25, -0.2) is 0 Å². The zero-order chi connectivity index (χ0) is 13.9. The molecule has 0 aliphatic carbocycles. The van der Waals surface area contributed by atoms with Crippen LogP contribution in [0.2, 0.25) is 0 Å². The maximum Gasteiger partial charge on any atom is 0.0706 e. The summed E-state index contributed by atoms with van der Waals surface area (Å²) in [5.41, 5.74) is 4.53. The Labute approximate surface area is 132 Å². The lowest BCUT2D eigenvalue weighted by atomic mass is 10.2. The normalized spacial score (nSPS) is 10.7. The number of hydrogen-bond donors (Lipinski definition) is 1. The van der Waals surface area contributed by atoms with E-state index in [4.69, 9.17) is 0 Å². The van der Waals surface area contributed by atoms with Crippen LogP contribution in [0.25, 0.3) is 10.9 Å². The van der Waals surface area contributed by atoms with Crippen LogP contribution in [0.15, 0.2) is 54.6 Å². The van der Waals surface area contributed by atoms with E-state index in [2.05, 4.69) is 82.3 Å². The van der Waals surface area contributed by atoms with Gasteiger partial charge in [-0.15, -0.1) is 0 Å². The molecule has 2 nitrogen and oxygen atoms in total. The molecule has 0 spiro atoms. The number of fused-ring (bicyclic) bond motifs is 1. The summed E-state index contributed by atoms with van der Waals surface area (Å²) in [6, 6.07) is 18.8. The second kappa shape index (κ2) is 5.79. The van der Waals surface area contributed by atoms with Crippen molar-refractivity contribution in [1.82, 2.24) is 4.98 Å².